The second kappa shape index (κ2) is 8.13. The predicted molar refractivity (Wildman–Crippen MR) is 109 cm³/mol. The van der Waals surface area contributed by atoms with Crippen molar-refractivity contribution < 1.29 is 9.59 Å². The van der Waals surface area contributed by atoms with Crippen molar-refractivity contribution >= 4 is 17.5 Å². The molecular weight excluding hydrogens is 350 g/mol. The number of aromatic nitrogens is 1. The minimum absolute atomic E-state index is 0.0143. The summed E-state index contributed by atoms with van der Waals surface area (Å²) in [6, 6.07) is 11.1. The van der Waals surface area contributed by atoms with Crippen LogP contribution in [0.2, 0.25) is 0 Å². The van der Waals surface area contributed by atoms with E-state index in [4.69, 9.17) is 0 Å². The number of amides is 2. The molecule has 2 amide bonds. The van der Waals surface area contributed by atoms with Crippen LogP contribution >= 0.6 is 0 Å². The molecule has 1 aromatic heterocycles. The van der Waals surface area contributed by atoms with E-state index in [9.17, 15) is 9.59 Å². The Balaban J connectivity index is 1.53. The number of carbonyl (C=O) groups is 2. The number of benzene rings is 1. The first kappa shape index (κ1) is 18.7. The van der Waals surface area contributed by atoms with E-state index in [1.807, 2.05) is 31.2 Å². The molecule has 5 heteroatoms. The molecule has 0 spiro atoms. The van der Waals surface area contributed by atoms with Gasteiger partial charge in [0.1, 0.15) is 0 Å². The van der Waals surface area contributed by atoms with E-state index in [0.29, 0.717) is 17.2 Å². The Bertz CT molecular complexity index is 874. The molecule has 1 aliphatic heterocycles. The summed E-state index contributed by atoms with van der Waals surface area (Å²) in [6.45, 7) is 2.74. The molecule has 2 heterocycles. The summed E-state index contributed by atoms with van der Waals surface area (Å²) >= 11 is 0. The lowest BCUT2D eigenvalue weighted by Crippen LogP contribution is -2.35. The van der Waals surface area contributed by atoms with E-state index in [1.54, 1.807) is 23.2 Å². The molecule has 4 rings (SSSR count). The van der Waals surface area contributed by atoms with Crippen molar-refractivity contribution in [2.24, 2.45) is 5.92 Å². The van der Waals surface area contributed by atoms with Gasteiger partial charge in [0.25, 0.3) is 5.91 Å². The van der Waals surface area contributed by atoms with Crippen LogP contribution in [0.4, 0.5) is 5.69 Å². The van der Waals surface area contributed by atoms with E-state index in [1.165, 1.54) is 32.1 Å². The Morgan fingerprint density at radius 2 is 2.00 bits per heavy atom. The third-order valence-corrected chi connectivity index (χ3v) is 5.89. The number of carbonyl (C=O) groups excluding carboxylic acids is 2. The summed E-state index contributed by atoms with van der Waals surface area (Å²) in [5.74, 6) is 0.486. The van der Waals surface area contributed by atoms with Crippen LogP contribution in [0, 0.1) is 12.8 Å². The summed E-state index contributed by atoms with van der Waals surface area (Å²) in [5, 5.41) is 3.10. The van der Waals surface area contributed by atoms with Gasteiger partial charge in [-0.15, -0.1) is 0 Å². The van der Waals surface area contributed by atoms with E-state index in [-0.39, 0.29) is 24.3 Å². The topological polar surface area (TPSA) is 62.3 Å². The molecule has 1 N–H and O–H groups in total. The Morgan fingerprint density at radius 1 is 1.18 bits per heavy atom. The number of aryl methyl sites for hydroxylation is 1. The normalized spacial score (nSPS) is 19.5. The summed E-state index contributed by atoms with van der Waals surface area (Å²) < 4.78 is 0. The zero-order valence-corrected chi connectivity index (χ0v) is 16.4. The number of nitrogens with one attached hydrogen (secondary N) is 1. The van der Waals surface area contributed by atoms with Gasteiger partial charge in [0, 0.05) is 18.4 Å². The average molecular weight is 377 g/mol. The highest BCUT2D eigenvalue weighted by Crippen LogP contribution is 2.38. The molecule has 0 unspecified atom stereocenters. The van der Waals surface area contributed by atoms with E-state index in [2.05, 4.69) is 10.3 Å². The third-order valence-electron chi connectivity index (χ3n) is 5.89. The monoisotopic (exact) mass is 377 g/mol. The smallest absolute Gasteiger partial charge is 0.260 e. The minimum atomic E-state index is -0.364. The molecule has 2 aliphatic rings. The van der Waals surface area contributed by atoms with Crippen LogP contribution in [0.1, 0.15) is 66.2 Å². The second-order valence-corrected chi connectivity index (χ2v) is 7.98. The molecule has 0 saturated heterocycles. The second-order valence-electron chi connectivity index (χ2n) is 7.98. The molecular formula is C23H27N3O2. The quantitative estimate of drug-likeness (QED) is 0.850. The van der Waals surface area contributed by atoms with E-state index >= 15 is 0 Å². The Kier molecular flexibility index (Phi) is 5.42. The van der Waals surface area contributed by atoms with Crippen molar-refractivity contribution in [3.8, 4) is 0 Å². The molecule has 1 atom stereocenters. The summed E-state index contributed by atoms with van der Waals surface area (Å²) in [7, 11) is 0. The molecule has 1 aliphatic carbocycles. The summed E-state index contributed by atoms with van der Waals surface area (Å²) in [4.78, 5) is 32.0. The first-order chi connectivity index (χ1) is 13.6. The minimum Gasteiger partial charge on any atom is -0.356 e. The van der Waals surface area contributed by atoms with E-state index < -0.39 is 0 Å². The highest BCUT2D eigenvalue weighted by molar-refractivity contribution is 6.11. The molecule has 1 fully saturated rings. The number of anilines is 1. The van der Waals surface area contributed by atoms with Crippen LogP contribution in [0.15, 0.2) is 42.6 Å². The maximum atomic E-state index is 13.1. The van der Waals surface area contributed by atoms with Gasteiger partial charge in [-0.3, -0.25) is 19.5 Å². The van der Waals surface area contributed by atoms with Gasteiger partial charge in [-0.05, 0) is 55.5 Å². The first-order valence-corrected chi connectivity index (χ1v) is 10.3. The molecule has 2 aromatic rings. The Labute approximate surface area is 166 Å². The van der Waals surface area contributed by atoms with Gasteiger partial charge < -0.3 is 5.32 Å². The summed E-state index contributed by atoms with van der Waals surface area (Å²) in [5.41, 5.74) is 3.18. The molecule has 1 aromatic carbocycles. The number of fused-ring (bicyclic) bond motifs is 1. The predicted octanol–water partition coefficient (Wildman–Crippen LogP) is 4.18. The van der Waals surface area contributed by atoms with Crippen LogP contribution in [0.25, 0.3) is 0 Å². The van der Waals surface area contributed by atoms with Crippen LogP contribution < -0.4 is 10.2 Å². The SMILES string of the molecule is Cc1cccc(N2C(=O)c3cccnc3[C@@H]2CC(=O)NCC2CCCCC2)c1. The number of rotatable bonds is 5. The lowest BCUT2D eigenvalue weighted by atomic mass is 9.89. The fourth-order valence-electron chi connectivity index (χ4n) is 4.42. The summed E-state index contributed by atoms with van der Waals surface area (Å²) in [6.07, 6.45) is 8.15. The van der Waals surface area contributed by atoms with Crippen molar-refractivity contribution in [1.29, 1.82) is 0 Å². The van der Waals surface area contributed by atoms with Gasteiger partial charge in [0.05, 0.1) is 23.7 Å². The fourth-order valence-corrected chi connectivity index (χ4v) is 4.42. The van der Waals surface area contributed by atoms with Crippen molar-refractivity contribution in [2.45, 2.75) is 51.5 Å². The van der Waals surface area contributed by atoms with Crippen molar-refractivity contribution in [3.63, 3.8) is 0 Å². The van der Waals surface area contributed by atoms with Crippen molar-refractivity contribution in [1.82, 2.24) is 10.3 Å². The van der Waals surface area contributed by atoms with Crippen LogP contribution in [-0.4, -0.2) is 23.3 Å². The first-order valence-electron chi connectivity index (χ1n) is 10.3. The molecule has 0 radical (unpaired) electrons. The Hall–Kier alpha value is -2.69. The number of hydrogen-bond acceptors (Lipinski definition) is 3. The lowest BCUT2D eigenvalue weighted by Gasteiger charge is -2.26. The number of pyridine rings is 1. The van der Waals surface area contributed by atoms with Crippen molar-refractivity contribution in [3.05, 3.63) is 59.4 Å². The largest absolute Gasteiger partial charge is 0.356 e. The van der Waals surface area contributed by atoms with Gasteiger partial charge in [-0.25, -0.2) is 0 Å². The maximum absolute atomic E-state index is 13.1. The molecule has 1 saturated carbocycles. The number of hydrogen-bond donors (Lipinski definition) is 1. The number of nitrogens with zero attached hydrogens (tertiary/aromatic N) is 2. The van der Waals surface area contributed by atoms with E-state index in [0.717, 1.165) is 17.8 Å². The van der Waals surface area contributed by atoms with Gasteiger partial charge >= 0.3 is 0 Å². The highest BCUT2D eigenvalue weighted by Gasteiger charge is 2.39. The van der Waals surface area contributed by atoms with Gasteiger partial charge in [-0.1, -0.05) is 31.4 Å². The lowest BCUT2D eigenvalue weighted by molar-refractivity contribution is -0.121. The Morgan fingerprint density at radius 3 is 2.79 bits per heavy atom. The zero-order valence-electron chi connectivity index (χ0n) is 16.4. The molecule has 0 bridgehead atoms. The van der Waals surface area contributed by atoms with Crippen LogP contribution in [0.3, 0.4) is 0 Å². The van der Waals surface area contributed by atoms with Crippen molar-refractivity contribution in [2.75, 3.05) is 11.4 Å². The maximum Gasteiger partial charge on any atom is 0.260 e. The highest BCUT2D eigenvalue weighted by atomic mass is 16.2. The van der Waals surface area contributed by atoms with Gasteiger partial charge in [0.15, 0.2) is 0 Å². The zero-order chi connectivity index (χ0) is 19.5. The molecule has 146 valence electrons. The molecule has 28 heavy (non-hydrogen) atoms. The van der Waals surface area contributed by atoms with Crippen LogP contribution in [0.5, 0.6) is 0 Å². The molecule has 5 nitrogen and oxygen atoms in total. The fraction of sp³-hybridized carbons (Fsp3) is 0.435. The standard InChI is InChI=1S/C23H27N3O2/c1-16-7-5-10-18(13-16)26-20(22-19(23(26)28)11-6-12-24-22)14-21(27)25-15-17-8-3-2-4-9-17/h5-7,10-13,17,20H,2-4,8-9,14-15H2,1H3,(H,25,27)/t20-/m0/s1. The van der Waals surface area contributed by atoms with Gasteiger partial charge in [-0.2, -0.15) is 0 Å². The van der Waals surface area contributed by atoms with Crippen LogP contribution in [-0.2, 0) is 4.79 Å². The third kappa shape index (κ3) is 3.79. The average Bonchev–Trinajstić information content (AvgIpc) is 2.99. The van der Waals surface area contributed by atoms with Gasteiger partial charge in [0.2, 0.25) is 5.91 Å².